The van der Waals surface area contributed by atoms with Gasteiger partial charge in [0.25, 0.3) is 0 Å². The van der Waals surface area contributed by atoms with Crippen molar-refractivity contribution in [2.24, 2.45) is 11.5 Å². The zero-order chi connectivity index (χ0) is 18.6. The summed E-state index contributed by atoms with van der Waals surface area (Å²) in [6.07, 6.45) is -9.70. The molecule has 0 radical (unpaired) electrons. The van der Waals surface area contributed by atoms with Crippen LogP contribution in [0.4, 0.5) is 0 Å². The quantitative estimate of drug-likeness (QED) is 0.222. The van der Waals surface area contributed by atoms with Crippen LogP contribution in [0.3, 0.4) is 0 Å². The maximum atomic E-state index is 9.20. The van der Waals surface area contributed by atoms with Gasteiger partial charge in [-0.25, -0.2) is 0 Å². The van der Waals surface area contributed by atoms with Gasteiger partial charge in [-0.3, -0.25) is 0 Å². The number of ether oxygens (including phenoxy) is 2. The Hall–Kier alpha value is -0.480. The van der Waals surface area contributed by atoms with Gasteiger partial charge in [-0.15, -0.1) is 0 Å². The molecule has 24 heavy (non-hydrogen) atoms. The van der Waals surface area contributed by atoms with E-state index in [4.69, 9.17) is 41.4 Å². The van der Waals surface area contributed by atoms with Crippen LogP contribution in [0.5, 0.6) is 0 Å². The zero-order valence-electron chi connectivity index (χ0n) is 12.7. The Bertz CT molecular complexity index is 334. The van der Waals surface area contributed by atoms with Crippen LogP contribution in [0.1, 0.15) is 0 Å². The van der Waals surface area contributed by atoms with Gasteiger partial charge in [-0.1, -0.05) is 0 Å². The zero-order valence-corrected chi connectivity index (χ0v) is 12.7. The van der Waals surface area contributed by atoms with Crippen molar-refractivity contribution in [3.63, 3.8) is 0 Å². The lowest BCUT2D eigenvalue weighted by atomic mass is 9.98. The van der Waals surface area contributed by atoms with E-state index >= 15 is 0 Å². The Morgan fingerprint density at radius 3 is 1.12 bits per heavy atom. The Morgan fingerprint density at radius 2 is 0.875 bits per heavy atom. The molecule has 2 rings (SSSR count). The third-order valence-corrected chi connectivity index (χ3v) is 3.90. The maximum Gasteiger partial charge on any atom is 0.173 e. The van der Waals surface area contributed by atoms with E-state index in [0.29, 0.717) is 0 Å². The van der Waals surface area contributed by atoms with Gasteiger partial charge in [-0.2, -0.15) is 0 Å². The molecule has 2 fully saturated rings. The van der Waals surface area contributed by atoms with Crippen LogP contribution in [0, 0.1) is 0 Å². The second kappa shape index (κ2) is 9.28. The molecular formula is C12H26N2O10. The summed E-state index contributed by atoms with van der Waals surface area (Å²) in [5.41, 5.74) is 10.5. The predicted octanol–water partition coefficient (Wildman–Crippen LogP) is -6.51. The Balaban J connectivity index is 0.000000240. The fourth-order valence-corrected chi connectivity index (χ4v) is 2.24. The number of aliphatic hydroxyl groups excluding tert-OH is 8. The molecule has 0 bridgehead atoms. The second-order valence-corrected chi connectivity index (χ2v) is 5.61. The van der Waals surface area contributed by atoms with E-state index in [-0.39, 0.29) is 0 Å². The van der Waals surface area contributed by atoms with Gasteiger partial charge in [0.1, 0.15) is 36.6 Å². The lowest BCUT2D eigenvalue weighted by Gasteiger charge is -2.38. The molecule has 144 valence electrons. The van der Waals surface area contributed by atoms with E-state index in [1.165, 1.54) is 0 Å². The third kappa shape index (κ3) is 4.78. The number of hydrogen-bond acceptors (Lipinski definition) is 12. The molecule has 12 N–H and O–H groups in total. The number of nitrogens with two attached hydrogens (primary N) is 2. The first kappa shape index (κ1) is 21.6. The van der Waals surface area contributed by atoms with E-state index in [1.54, 1.807) is 0 Å². The van der Waals surface area contributed by atoms with E-state index in [1.807, 2.05) is 0 Å². The van der Waals surface area contributed by atoms with Gasteiger partial charge in [0.05, 0.1) is 25.3 Å². The fourth-order valence-electron chi connectivity index (χ4n) is 2.24. The highest BCUT2D eigenvalue weighted by Crippen LogP contribution is 2.18. The monoisotopic (exact) mass is 358 g/mol. The van der Waals surface area contributed by atoms with E-state index in [0.717, 1.165) is 0 Å². The summed E-state index contributed by atoms with van der Waals surface area (Å²) in [5, 5.41) is 72.1. The largest absolute Gasteiger partial charge is 0.394 e. The molecule has 2 heterocycles. The normalized spacial score (nSPS) is 49.2. The minimum atomic E-state index is -1.35. The van der Waals surface area contributed by atoms with Crippen molar-refractivity contribution in [1.82, 2.24) is 0 Å². The molecule has 2 saturated heterocycles. The molecule has 2 aliphatic rings. The van der Waals surface area contributed by atoms with Crippen LogP contribution in [-0.2, 0) is 9.47 Å². The summed E-state index contributed by atoms with van der Waals surface area (Å²) in [4.78, 5) is 0. The minimum Gasteiger partial charge on any atom is -0.394 e. The van der Waals surface area contributed by atoms with Crippen molar-refractivity contribution >= 4 is 0 Å². The van der Waals surface area contributed by atoms with Gasteiger partial charge >= 0.3 is 0 Å². The minimum absolute atomic E-state index is 0.470. The molecule has 4 unspecified atom stereocenters. The summed E-state index contributed by atoms with van der Waals surface area (Å²) in [6.45, 7) is -0.940. The average molecular weight is 358 g/mol. The molecule has 0 aromatic rings. The van der Waals surface area contributed by atoms with Crippen molar-refractivity contribution in [2.75, 3.05) is 13.2 Å². The SMILES string of the molecule is NC1[C@@H](O)O[C@H](CO)[C@@H](O)[C@H]1O.N[C@@H]1C(O)C(O)C(CO)O[C@@H]1O. The molecule has 0 aromatic heterocycles. The molecule has 10 atom stereocenters. The molecule has 12 heteroatoms. The van der Waals surface area contributed by atoms with Crippen LogP contribution < -0.4 is 11.5 Å². The fraction of sp³-hybridized carbons (Fsp3) is 1.00. The van der Waals surface area contributed by atoms with Gasteiger partial charge < -0.3 is 61.8 Å². The summed E-state index contributed by atoms with van der Waals surface area (Å²) < 4.78 is 9.40. The van der Waals surface area contributed by atoms with Crippen molar-refractivity contribution in [3.8, 4) is 0 Å². The summed E-state index contributed by atoms with van der Waals surface area (Å²) >= 11 is 0. The van der Waals surface area contributed by atoms with E-state index in [9.17, 15) is 20.4 Å². The van der Waals surface area contributed by atoms with Crippen LogP contribution >= 0.6 is 0 Å². The van der Waals surface area contributed by atoms with Gasteiger partial charge in [0.2, 0.25) is 0 Å². The highest BCUT2D eigenvalue weighted by Gasteiger charge is 2.42. The second-order valence-electron chi connectivity index (χ2n) is 5.61. The molecular weight excluding hydrogens is 332 g/mol. The Labute approximate surface area is 137 Å². The van der Waals surface area contributed by atoms with Gasteiger partial charge in [-0.05, 0) is 0 Å². The first-order valence-corrected chi connectivity index (χ1v) is 7.27. The van der Waals surface area contributed by atoms with Crippen LogP contribution in [0.25, 0.3) is 0 Å². The highest BCUT2D eigenvalue weighted by atomic mass is 16.6. The first-order chi connectivity index (χ1) is 11.1. The highest BCUT2D eigenvalue weighted by molar-refractivity contribution is 4.91. The maximum absolute atomic E-state index is 9.20. The molecule has 0 amide bonds. The first-order valence-electron chi connectivity index (χ1n) is 7.27. The van der Waals surface area contributed by atoms with Crippen molar-refractivity contribution in [2.45, 2.75) is 61.3 Å². The van der Waals surface area contributed by atoms with Crippen LogP contribution in [0.2, 0.25) is 0 Å². The lowest BCUT2D eigenvalue weighted by Crippen LogP contribution is -2.61. The van der Waals surface area contributed by atoms with Gasteiger partial charge in [0.15, 0.2) is 12.6 Å². The molecule has 0 saturated carbocycles. The molecule has 12 nitrogen and oxygen atoms in total. The molecule has 2 aliphatic heterocycles. The predicted molar refractivity (Wildman–Crippen MR) is 75.9 cm³/mol. The van der Waals surface area contributed by atoms with Crippen molar-refractivity contribution in [3.05, 3.63) is 0 Å². The van der Waals surface area contributed by atoms with Crippen LogP contribution in [0.15, 0.2) is 0 Å². The summed E-state index contributed by atoms with van der Waals surface area (Å²) in [6, 6.07) is -2.08. The van der Waals surface area contributed by atoms with Crippen molar-refractivity contribution < 1.29 is 50.3 Å². The van der Waals surface area contributed by atoms with E-state index in [2.05, 4.69) is 0 Å². The molecule has 0 aliphatic carbocycles. The Morgan fingerprint density at radius 1 is 0.583 bits per heavy atom. The smallest absolute Gasteiger partial charge is 0.173 e. The molecule has 0 spiro atoms. The lowest BCUT2D eigenvalue weighted by molar-refractivity contribution is -0.248. The topological polar surface area (TPSA) is 232 Å². The number of aliphatic hydroxyl groups is 8. The summed E-state index contributed by atoms with van der Waals surface area (Å²) in [7, 11) is 0. The molecule has 0 aromatic carbocycles. The summed E-state index contributed by atoms with van der Waals surface area (Å²) in [5.74, 6) is 0. The van der Waals surface area contributed by atoms with E-state index < -0.39 is 74.5 Å². The standard InChI is InChI=1S/2C6H13NO5/c2*7-3-5(10)4(9)2(1-8)12-6(3)11/h2*2-6,8-11H,1,7H2/t2?,3-,4?,5?,6+;2-,3?,4-,5+,6+/m11/s1. The van der Waals surface area contributed by atoms with Crippen molar-refractivity contribution in [1.29, 1.82) is 0 Å². The van der Waals surface area contributed by atoms with Gasteiger partial charge in [0, 0.05) is 0 Å². The average Bonchev–Trinajstić information content (AvgIpc) is 2.58. The Kier molecular flexibility index (Phi) is 8.34. The van der Waals surface area contributed by atoms with Crippen LogP contribution in [-0.4, -0.2) is 115 Å². The number of hydrogen-bond donors (Lipinski definition) is 10. The third-order valence-electron chi connectivity index (χ3n) is 3.90. The number of rotatable bonds is 2.